The maximum absolute atomic E-state index is 5.88. The average molecular weight is 221 g/mol. The predicted octanol–water partition coefficient (Wildman–Crippen LogP) is 2.03. The van der Waals surface area contributed by atoms with E-state index in [9.17, 15) is 0 Å². The summed E-state index contributed by atoms with van der Waals surface area (Å²) in [6.45, 7) is 4.15. The molecule has 3 heteroatoms. The summed E-state index contributed by atoms with van der Waals surface area (Å²) < 4.78 is 0. The smallest absolute Gasteiger partial charge is 0.0543 e. The van der Waals surface area contributed by atoms with Crippen LogP contribution in [-0.4, -0.2) is 29.5 Å². The first-order valence-corrected chi connectivity index (χ1v) is 6.06. The van der Waals surface area contributed by atoms with Gasteiger partial charge in [0.1, 0.15) is 0 Å². The first-order chi connectivity index (χ1) is 7.72. The Morgan fingerprint density at radius 1 is 1.44 bits per heavy atom. The Kier molecular flexibility index (Phi) is 6.04. The van der Waals surface area contributed by atoms with Gasteiger partial charge < -0.3 is 10.6 Å². The number of hydrogen-bond acceptors (Lipinski definition) is 3. The lowest BCUT2D eigenvalue weighted by Gasteiger charge is -2.17. The monoisotopic (exact) mass is 221 g/mol. The minimum atomic E-state index is 0.364. The second kappa shape index (κ2) is 7.36. The highest BCUT2D eigenvalue weighted by atomic mass is 15.1. The Labute approximate surface area is 98.7 Å². The molecule has 1 atom stereocenters. The van der Waals surface area contributed by atoms with Gasteiger partial charge in [-0.1, -0.05) is 13.0 Å². The summed E-state index contributed by atoms with van der Waals surface area (Å²) in [5, 5.41) is 0. The molecule has 90 valence electrons. The third kappa shape index (κ3) is 5.24. The molecule has 1 aromatic heterocycles. The molecule has 0 amide bonds. The molecule has 0 saturated heterocycles. The van der Waals surface area contributed by atoms with Gasteiger partial charge in [-0.25, -0.2) is 0 Å². The summed E-state index contributed by atoms with van der Waals surface area (Å²) in [6, 6.07) is 6.41. The second-order valence-electron chi connectivity index (χ2n) is 4.37. The van der Waals surface area contributed by atoms with Crippen LogP contribution in [0.5, 0.6) is 0 Å². The van der Waals surface area contributed by atoms with Crippen LogP contribution in [0.1, 0.15) is 31.9 Å². The molecular formula is C13H23N3. The molecule has 0 aromatic carbocycles. The number of rotatable bonds is 7. The van der Waals surface area contributed by atoms with Crippen LogP contribution in [0.3, 0.4) is 0 Å². The van der Waals surface area contributed by atoms with E-state index in [1.165, 1.54) is 6.42 Å². The molecule has 1 aromatic rings. The highest BCUT2D eigenvalue weighted by molar-refractivity contribution is 5.02. The van der Waals surface area contributed by atoms with Crippen LogP contribution in [0.4, 0.5) is 0 Å². The molecular weight excluding hydrogens is 198 g/mol. The van der Waals surface area contributed by atoms with Gasteiger partial charge in [0.15, 0.2) is 0 Å². The fourth-order valence-corrected chi connectivity index (χ4v) is 1.67. The first-order valence-electron chi connectivity index (χ1n) is 6.06. The Morgan fingerprint density at radius 2 is 2.25 bits per heavy atom. The van der Waals surface area contributed by atoms with Gasteiger partial charge in [0, 0.05) is 18.8 Å². The Balaban J connectivity index is 2.19. The molecule has 1 rings (SSSR count). The van der Waals surface area contributed by atoms with Crippen LogP contribution in [0.25, 0.3) is 0 Å². The lowest BCUT2D eigenvalue weighted by Crippen LogP contribution is -2.23. The minimum Gasteiger partial charge on any atom is -0.328 e. The zero-order chi connectivity index (χ0) is 11.8. The molecule has 0 spiro atoms. The van der Waals surface area contributed by atoms with Crippen molar-refractivity contribution in [3.63, 3.8) is 0 Å². The van der Waals surface area contributed by atoms with Crippen molar-refractivity contribution < 1.29 is 0 Å². The molecule has 0 aliphatic heterocycles. The molecule has 2 N–H and O–H groups in total. The summed E-state index contributed by atoms with van der Waals surface area (Å²) in [5.74, 6) is 0. The van der Waals surface area contributed by atoms with Crippen LogP contribution in [0.15, 0.2) is 24.4 Å². The fraction of sp³-hybridized carbons (Fsp3) is 0.615. The third-order valence-corrected chi connectivity index (χ3v) is 2.80. The lowest BCUT2D eigenvalue weighted by molar-refractivity contribution is 0.310. The van der Waals surface area contributed by atoms with Gasteiger partial charge in [-0.2, -0.15) is 0 Å². The highest BCUT2D eigenvalue weighted by Gasteiger charge is 2.03. The van der Waals surface area contributed by atoms with Gasteiger partial charge in [0.2, 0.25) is 0 Å². The molecule has 0 radical (unpaired) electrons. The Hall–Kier alpha value is -0.930. The lowest BCUT2D eigenvalue weighted by atomic mass is 10.1. The maximum Gasteiger partial charge on any atom is 0.0543 e. The summed E-state index contributed by atoms with van der Waals surface area (Å²) in [6.07, 6.45) is 5.20. The fourth-order valence-electron chi connectivity index (χ4n) is 1.67. The number of nitrogens with zero attached hydrogens (tertiary/aromatic N) is 2. The van der Waals surface area contributed by atoms with Gasteiger partial charge in [-0.3, -0.25) is 4.98 Å². The summed E-state index contributed by atoms with van der Waals surface area (Å²) >= 11 is 0. The maximum atomic E-state index is 5.88. The van der Waals surface area contributed by atoms with E-state index in [0.29, 0.717) is 6.04 Å². The van der Waals surface area contributed by atoms with Crippen molar-refractivity contribution in [1.29, 1.82) is 0 Å². The number of hydrogen-bond donors (Lipinski definition) is 1. The minimum absolute atomic E-state index is 0.364. The molecule has 1 heterocycles. The van der Waals surface area contributed by atoms with Crippen molar-refractivity contribution in [2.45, 2.75) is 38.8 Å². The summed E-state index contributed by atoms with van der Waals surface area (Å²) in [4.78, 5) is 6.61. The topological polar surface area (TPSA) is 42.1 Å². The molecule has 1 unspecified atom stereocenters. The van der Waals surface area contributed by atoms with Gasteiger partial charge >= 0.3 is 0 Å². The third-order valence-electron chi connectivity index (χ3n) is 2.80. The zero-order valence-corrected chi connectivity index (χ0v) is 10.4. The quantitative estimate of drug-likeness (QED) is 0.766. The van der Waals surface area contributed by atoms with Crippen molar-refractivity contribution >= 4 is 0 Å². The predicted molar refractivity (Wildman–Crippen MR) is 68.1 cm³/mol. The summed E-state index contributed by atoms with van der Waals surface area (Å²) in [7, 11) is 2.13. The SMILES string of the molecule is CCC(N)CCCN(C)Cc1ccccn1. The van der Waals surface area contributed by atoms with Crippen molar-refractivity contribution in [3.8, 4) is 0 Å². The van der Waals surface area contributed by atoms with E-state index >= 15 is 0 Å². The standard InChI is InChI=1S/C13H23N3/c1-3-12(14)7-6-10-16(2)11-13-8-4-5-9-15-13/h4-5,8-9,12H,3,6-7,10-11,14H2,1-2H3. The van der Waals surface area contributed by atoms with Gasteiger partial charge in [0.25, 0.3) is 0 Å². The molecule has 0 aliphatic rings. The van der Waals surface area contributed by atoms with E-state index in [0.717, 1.165) is 31.6 Å². The molecule has 0 fully saturated rings. The van der Waals surface area contributed by atoms with E-state index in [-0.39, 0.29) is 0 Å². The molecule has 16 heavy (non-hydrogen) atoms. The molecule has 0 aliphatic carbocycles. The van der Waals surface area contributed by atoms with E-state index in [1.54, 1.807) is 0 Å². The first kappa shape index (κ1) is 13.1. The second-order valence-corrected chi connectivity index (χ2v) is 4.37. The van der Waals surface area contributed by atoms with Gasteiger partial charge in [-0.15, -0.1) is 0 Å². The Morgan fingerprint density at radius 3 is 2.88 bits per heavy atom. The van der Waals surface area contributed by atoms with E-state index < -0.39 is 0 Å². The van der Waals surface area contributed by atoms with Crippen molar-refractivity contribution in [2.75, 3.05) is 13.6 Å². The molecule has 3 nitrogen and oxygen atoms in total. The highest BCUT2D eigenvalue weighted by Crippen LogP contribution is 2.03. The zero-order valence-electron chi connectivity index (χ0n) is 10.4. The van der Waals surface area contributed by atoms with Crippen molar-refractivity contribution in [2.24, 2.45) is 5.73 Å². The molecule has 0 saturated carbocycles. The van der Waals surface area contributed by atoms with Crippen LogP contribution in [0, 0.1) is 0 Å². The average Bonchev–Trinajstić information content (AvgIpc) is 2.30. The molecule has 0 bridgehead atoms. The van der Waals surface area contributed by atoms with Gasteiger partial charge in [0.05, 0.1) is 5.69 Å². The van der Waals surface area contributed by atoms with E-state index in [1.807, 2.05) is 18.3 Å². The van der Waals surface area contributed by atoms with Crippen LogP contribution in [0.2, 0.25) is 0 Å². The van der Waals surface area contributed by atoms with E-state index in [2.05, 4.69) is 29.9 Å². The van der Waals surface area contributed by atoms with E-state index in [4.69, 9.17) is 5.73 Å². The normalized spacial score (nSPS) is 13.0. The number of aromatic nitrogens is 1. The van der Waals surface area contributed by atoms with Crippen LogP contribution in [-0.2, 0) is 6.54 Å². The van der Waals surface area contributed by atoms with Crippen molar-refractivity contribution in [1.82, 2.24) is 9.88 Å². The Bertz CT molecular complexity index is 274. The summed E-state index contributed by atoms with van der Waals surface area (Å²) in [5.41, 5.74) is 7.01. The number of nitrogens with two attached hydrogens (primary N) is 1. The van der Waals surface area contributed by atoms with Crippen molar-refractivity contribution in [3.05, 3.63) is 30.1 Å². The largest absolute Gasteiger partial charge is 0.328 e. The van der Waals surface area contributed by atoms with Gasteiger partial charge in [-0.05, 0) is 45.0 Å². The van der Waals surface area contributed by atoms with Crippen LogP contribution >= 0.6 is 0 Å². The van der Waals surface area contributed by atoms with Crippen LogP contribution < -0.4 is 5.73 Å². The number of pyridine rings is 1.